The summed E-state index contributed by atoms with van der Waals surface area (Å²) in [6.45, 7) is 7.90. The zero-order valence-electron chi connectivity index (χ0n) is 9.35. The van der Waals surface area contributed by atoms with E-state index in [4.69, 9.17) is 0 Å². The van der Waals surface area contributed by atoms with E-state index in [-0.39, 0.29) is 0 Å². The third kappa shape index (κ3) is 1.52. The highest BCUT2D eigenvalue weighted by Crippen LogP contribution is 2.31. The third-order valence-corrected chi connectivity index (χ3v) is 3.14. The Balaban J connectivity index is 2.49. The van der Waals surface area contributed by atoms with Crippen LogP contribution in [-0.2, 0) is 6.42 Å². The SMILES string of the molecule is Cc1c(C(C)C)ccc2c1NCCC2. The molecule has 1 heterocycles. The summed E-state index contributed by atoms with van der Waals surface area (Å²) in [5, 5.41) is 3.53. The topological polar surface area (TPSA) is 12.0 Å². The maximum atomic E-state index is 3.53. The van der Waals surface area contributed by atoms with Gasteiger partial charge in [0, 0.05) is 12.2 Å². The lowest BCUT2D eigenvalue weighted by Gasteiger charge is -2.23. The van der Waals surface area contributed by atoms with Crippen molar-refractivity contribution in [2.24, 2.45) is 0 Å². The molecular formula is C13H19N. The highest BCUT2D eigenvalue weighted by atomic mass is 14.9. The molecule has 1 aliphatic rings. The van der Waals surface area contributed by atoms with Crippen molar-refractivity contribution in [3.8, 4) is 0 Å². The Hall–Kier alpha value is -0.980. The average molecular weight is 189 g/mol. The van der Waals surface area contributed by atoms with Gasteiger partial charge in [-0.3, -0.25) is 0 Å². The summed E-state index contributed by atoms with van der Waals surface area (Å²) in [6, 6.07) is 4.59. The molecule has 0 aromatic heterocycles. The van der Waals surface area contributed by atoms with Gasteiger partial charge in [-0.25, -0.2) is 0 Å². The first-order valence-electron chi connectivity index (χ1n) is 5.56. The molecule has 0 bridgehead atoms. The molecule has 0 spiro atoms. The monoisotopic (exact) mass is 189 g/mol. The van der Waals surface area contributed by atoms with Crippen LogP contribution in [0.3, 0.4) is 0 Å². The molecule has 1 nitrogen and oxygen atoms in total. The zero-order chi connectivity index (χ0) is 10.1. The second-order valence-corrected chi connectivity index (χ2v) is 4.50. The van der Waals surface area contributed by atoms with E-state index in [1.165, 1.54) is 35.2 Å². The van der Waals surface area contributed by atoms with Gasteiger partial charge in [-0.15, -0.1) is 0 Å². The first-order chi connectivity index (χ1) is 6.70. The maximum absolute atomic E-state index is 3.53. The van der Waals surface area contributed by atoms with Crippen LogP contribution < -0.4 is 5.32 Å². The minimum atomic E-state index is 0.629. The largest absolute Gasteiger partial charge is 0.385 e. The van der Waals surface area contributed by atoms with Gasteiger partial charge in [0.25, 0.3) is 0 Å². The van der Waals surface area contributed by atoms with Crippen LogP contribution in [-0.4, -0.2) is 6.54 Å². The van der Waals surface area contributed by atoms with E-state index < -0.39 is 0 Å². The molecule has 1 aliphatic heterocycles. The first kappa shape index (κ1) is 9.57. The Morgan fingerprint density at radius 3 is 2.79 bits per heavy atom. The number of rotatable bonds is 1. The molecule has 1 aromatic carbocycles. The van der Waals surface area contributed by atoms with Gasteiger partial charge in [-0.2, -0.15) is 0 Å². The summed E-state index contributed by atoms with van der Waals surface area (Å²) in [6.07, 6.45) is 2.51. The molecule has 14 heavy (non-hydrogen) atoms. The molecule has 0 radical (unpaired) electrons. The number of nitrogens with one attached hydrogen (secondary N) is 1. The molecule has 76 valence electrons. The zero-order valence-corrected chi connectivity index (χ0v) is 9.35. The van der Waals surface area contributed by atoms with Crippen molar-refractivity contribution >= 4 is 5.69 Å². The quantitative estimate of drug-likeness (QED) is 0.713. The van der Waals surface area contributed by atoms with Crippen molar-refractivity contribution in [3.05, 3.63) is 28.8 Å². The Labute approximate surface area is 86.5 Å². The molecule has 0 unspecified atom stereocenters. The Morgan fingerprint density at radius 2 is 2.07 bits per heavy atom. The summed E-state index contributed by atoms with van der Waals surface area (Å²) < 4.78 is 0. The summed E-state index contributed by atoms with van der Waals surface area (Å²) in [5.41, 5.74) is 5.84. The van der Waals surface area contributed by atoms with Gasteiger partial charge >= 0.3 is 0 Å². The van der Waals surface area contributed by atoms with Gasteiger partial charge < -0.3 is 5.32 Å². The van der Waals surface area contributed by atoms with E-state index in [9.17, 15) is 0 Å². The van der Waals surface area contributed by atoms with Crippen LogP contribution >= 0.6 is 0 Å². The molecule has 1 aromatic rings. The van der Waals surface area contributed by atoms with Crippen molar-refractivity contribution in [3.63, 3.8) is 0 Å². The van der Waals surface area contributed by atoms with E-state index in [1.807, 2.05) is 0 Å². The number of benzene rings is 1. The highest BCUT2D eigenvalue weighted by Gasteiger charge is 2.14. The van der Waals surface area contributed by atoms with Gasteiger partial charge in [-0.05, 0) is 42.4 Å². The summed E-state index contributed by atoms with van der Waals surface area (Å²) >= 11 is 0. The van der Waals surface area contributed by atoms with E-state index in [2.05, 4.69) is 38.2 Å². The molecule has 0 atom stereocenters. The predicted octanol–water partition coefficient (Wildman–Crippen LogP) is 3.48. The van der Waals surface area contributed by atoms with E-state index in [0.29, 0.717) is 5.92 Å². The highest BCUT2D eigenvalue weighted by molar-refractivity contribution is 5.61. The van der Waals surface area contributed by atoms with Crippen LogP contribution in [0.15, 0.2) is 12.1 Å². The van der Waals surface area contributed by atoms with Gasteiger partial charge in [0.2, 0.25) is 0 Å². The van der Waals surface area contributed by atoms with Crippen LogP contribution in [0.1, 0.15) is 42.9 Å². The van der Waals surface area contributed by atoms with Crippen LogP contribution in [0.25, 0.3) is 0 Å². The second kappa shape index (κ2) is 3.64. The van der Waals surface area contributed by atoms with Crippen LogP contribution in [0.4, 0.5) is 5.69 Å². The summed E-state index contributed by atoms with van der Waals surface area (Å²) in [5.74, 6) is 0.629. The van der Waals surface area contributed by atoms with Crippen molar-refractivity contribution in [1.82, 2.24) is 0 Å². The lowest BCUT2D eigenvalue weighted by atomic mass is 9.91. The summed E-state index contributed by atoms with van der Waals surface area (Å²) in [7, 11) is 0. The Morgan fingerprint density at radius 1 is 1.29 bits per heavy atom. The number of hydrogen-bond donors (Lipinski definition) is 1. The number of anilines is 1. The van der Waals surface area contributed by atoms with Gasteiger partial charge in [0.05, 0.1) is 0 Å². The second-order valence-electron chi connectivity index (χ2n) is 4.50. The molecular weight excluding hydrogens is 170 g/mol. The van der Waals surface area contributed by atoms with Crippen LogP contribution in [0.2, 0.25) is 0 Å². The lowest BCUT2D eigenvalue weighted by Crippen LogP contribution is -2.14. The molecule has 0 saturated heterocycles. The minimum Gasteiger partial charge on any atom is -0.385 e. The van der Waals surface area contributed by atoms with Gasteiger partial charge in [0.1, 0.15) is 0 Å². The number of aryl methyl sites for hydroxylation is 1. The van der Waals surface area contributed by atoms with Gasteiger partial charge in [0.15, 0.2) is 0 Å². The normalized spacial score (nSPS) is 15.1. The lowest BCUT2D eigenvalue weighted by molar-refractivity contribution is 0.812. The van der Waals surface area contributed by atoms with Crippen molar-refractivity contribution in [2.75, 3.05) is 11.9 Å². The van der Waals surface area contributed by atoms with Crippen molar-refractivity contribution in [2.45, 2.75) is 39.5 Å². The fraction of sp³-hybridized carbons (Fsp3) is 0.538. The fourth-order valence-electron chi connectivity index (χ4n) is 2.36. The maximum Gasteiger partial charge on any atom is 0.0405 e. The van der Waals surface area contributed by atoms with Gasteiger partial charge in [-0.1, -0.05) is 26.0 Å². The van der Waals surface area contributed by atoms with E-state index >= 15 is 0 Å². The van der Waals surface area contributed by atoms with E-state index in [0.717, 1.165) is 6.54 Å². The molecule has 2 rings (SSSR count). The van der Waals surface area contributed by atoms with Crippen molar-refractivity contribution in [1.29, 1.82) is 0 Å². The number of fused-ring (bicyclic) bond motifs is 1. The molecule has 0 fully saturated rings. The number of hydrogen-bond acceptors (Lipinski definition) is 1. The Bertz CT molecular complexity index is 339. The minimum absolute atomic E-state index is 0.629. The molecule has 1 N–H and O–H groups in total. The fourth-order valence-corrected chi connectivity index (χ4v) is 2.36. The van der Waals surface area contributed by atoms with Crippen LogP contribution in [0, 0.1) is 6.92 Å². The molecule has 0 amide bonds. The standard InChI is InChI=1S/C13H19N/c1-9(2)12-7-6-11-5-4-8-14-13(11)10(12)3/h6-7,9,14H,4-5,8H2,1-3H3. The van der Waals surface area contributed by atoms with E-state index in [1.54, 1.807) is 0 Å². The average Bonchev–Trinajstić information content (AvgIpc) is 2.18. The Kier molecular flexibility index (Phi) is 2.49. The third-order valence-electron chi connectivity index (χ3n) is 3.14. The van der Waals surface area contributed by atoms with Crippen LogP contribution in [0.5, 0.6) is 0 Å². The van der Waals surface area contributed by atoms with Crippen molar-refractivity contribution < 1.29 is 0 Å². The molecule has 0 aliphatic carbocycles. The molecule has 1 heteroatoms. The molecule has 0 saturated carbocycles. The summed E-state index contributed by atoms with van der Waals surface area (Å²) in [4.78, 5) is 0. The first-order valence-corrected chi connectivity index (χ1v) is 5.56. The smallest absolute Gasteiger partial charge is 0.0405 e. The predicted molar refractivity (Wildman–Crippen MR) is 62.1 cm³/mol.